The van der Waals surface area contributed by atoms with Crippen LogP contribution in [-0.4, -0.2) is 45.6 Å². The van der Waals surface area contributed by atoms with Crippen molar-refractivity contribution in [2.24, 2.45) is 10.8 Å². The lowest BCUT2D eigenvalue weighted by molar-refractivity contribution is -0.174. The van der Waals surface area contributed by atoms with Gasteiger partial charge in [0.25, 0.3) is 0 Å². The standard InChI is InChI=1S/C10H18O5.C8H10O2/c1-9(2,5-11)7(13)15-8(14)10(3,4)6-12;1-5-3-4-6(2)8(10)7(5)9/h11-12H,5-6H2,1-4H3;3-4,9-10H,1-2H3. The molecule has 0 atom stereocenters. The van der Waals surface area contributed by atoms with E-state index in [2.05, 4.69) is 4.74 Å². The van der Waals surface area contributed by atoms with Crippen LogP contribution in [-0.2, 0) is 14.3 Å². The van der Waals surface area contributed by atoms with E-state index in [1.54, 1.807) is 26.0 Å². The van der Waals surface area contributed by atoms with Crippen molar-refractivity contribution in [1.29, 1.82) is 0 Å². The number of aryl methyl sites for hydroxylation is 2. The first kappa shape index (κ1) is 22.9. The number of carbonyl (C=O) groups is 2. The molecule has 7 heteroatoms. The monoisotopic (exact) mass is 356 g/mol. The van der Waals surface area contributed by atoms with Crippen molar-refractivity contribution in [3.63, 3.8) is 0 Å². The van der Waals surface area contributed by atoms with E-state index in [-0.39, 0.29) is 11.5 Å². The van der Waals surface area contributed by atoms with Gasteiger partial charge in [-0.25, -0.2) is 0 Å². The molecular weight excluding hydrogens is 328 g/mol. The normalized spacial score (nSPS) is 11.4. The molecular formula is C18H28O7. The minimum Gasteiger partial charge on any atom is -0.504 e. The molecule has 0 heterocycles. The van der Waals surface area contributed by atoms with E-state index < -0.39 is 36.0 Å². The van der Waals surface area contributed by atoms with Crippen LogP contribution in [0.25, 0.3) is 0 Å². The number of aliphatic hydroxyl groups is 2. The number of esters is 2. The highest BCUT2D eigenvalue weighted by atomic mass is 16.6. The molecule has 0 spiro atoms. The van der Waals surface area contributed by atoms with E-state index in [9.17, 15) is 9.59 Å². The number of aliphatic hydroxyl groups excluding tert-OH is 2. The Morgan fingerprint density at radius 1 is 0.840 bits per heavy atom. The summed E-state index contributed by atoms with van der Waals surface area (Å²) in [6.45, 7) is 8.55. The van der Waals surface area contributed by atoms with Crippen LogP contribution in [0.3, 0.4) is 0 Å². The third-order valence-electron chi connectivity index (χ3n) is 3.64. The van der Waals surface area contributed by atoms with Crippen LogP contribution < -0.4 is 0 Å². The van der Waals surface area contributed by atoms with Crippen molar-refractivity contribution in [2.45, 2.75) is 41.5 Å². The number of hydrogen-bond acceptors (Lipinski definition) is 7. The third kappa shape index (κ3) is 6.36. The quantitative estimate of drug-likeness (QED) is 0.368. The zero-order valence-electron chi connectivity index (χ0n) is 15.6. The second kappa shape index (κ2) is 8.82. The summed E-state index contributed by atoms with van der Waals surface area (Å²) in [5.74, 6) is -1.62. The molecule has 0 unspecified atom stereocenters. The molecule has 0 saturated carbocycles. The average Bonchev–Trinajstić information content (AvgIpc) is 2.56. The molecule has 0 saturated heterocycles. The van der Waals surface area contributed by atoms with Gasteiger partial charge in [0.2, 0.25) is 0 Å². The Kier molecular flexibility index (Phi) is 8.08. The Balaban J connectivity index is 0.000000496. The number of phenols is 2. The van der Waals surface area contributed by atoms with Gasteiger partial charge in [0.1, 0.15) is 0 Å². The first-order valence-electron chi connectivity index (χ1n) is 7.76. The van der Waals surface area contributed by atoms with E-state index in [4.69, 9.17) is 20.4 Å². The molecule has 1 rings (SSSR count). The van der Waals surface area contributed by atoms with Crippen LogP contribution in [0.1, 0.15) is 38.8 Å². The Bertz CT molecular complexity index is 565. The molecule has 1 aromatic rings. The summed E-state index contributed by atoms with van der Waals surface area (Å²) in [5.41, 5.74) is -0.825. The predicted molar refractivity (Wildman–Crippen MR) is 92.1 cm³/mol. The minimum absolute atomic E-state index is 0.0139. The first-order chi connectivity index (χ1) is 11.3. The third-order valence-corrected chi connectivity index (χ3v) is 3.64. The summed E-state index contributed by atoms with van der Waals surface area (Å²) in [7, 11) is 0. The zero-order chi connectivity index (χ0) is 20.0. The van der Waals surface area contributed by atoms with E-state index >= 15 is 0 Å². The molecule has 0 aliphatic rings. The van der Waals surface area contributed by atoms with Gasteiger partial charge in [0.05, 0.1) is 24.0 Å². The first-order valence-corrected chi connectivity index (χ1v) is 7.76. The fourth-order valence-corrected chi connectivity index (χ4v) is 1.27. The van der Waals surface area contributed by atoms with Crippen LogP contribution in [0, 0.1) is 24.7 Å². The molecule has 4 N–H and O–H groups in total. The number of rotatable bonds is 4. The van der Waals surface area contributed by atoms with Crippen LogP contribution in [0.5, 0.6) is 11.5 Å². The second-order valence-corrected chi connectivity index (χ2v) is 7.16. The molecule has 0 aliphatic carbocycles. The van der Waals surface area contributed by atoms with Gasteiger partial charge in [-0.3, -0.25) is 9.59 Å². The zero-order valence-corrected chi connectivity index (χ0v) is 15.6. The topological polar surface area (TPSA) is 124 Å². The fourth-order valence-electron chi connectivity index (χ4n) is 1.27. The van der Waals surface area contributed by atoms with Crippen molar-refractivity contribution in [3.05, 3.63) is 23.3 Å². The van der Waals surface area contributed by atoms with Crippen molar-refractivity contribution < 1.29 is 34.8 Å². The summed E-state index contributed by atoms with van der Waals surface area (Å²) in [6.07, 6.45) is 0. The number of aromatic hydroxyl groups is 2. The molecule has 0 aromatic heterocycles. The number of carbonyl (C=O) groups excluding carboxylic acids is 2. The smallest absolute Gasteiger partial charge is 0.321 e. The lowest BCUT2D eigenvalue weighted by Crippen LogP contribution is -2.38. The highest BCUT2D eigenvalue weighted by Crippen LogP contribution is 2.30. The lowest BCUT2D eigenvalue weighted by atomic mass is 9.93. The summed E-state index contributed by atoms with van der Waals surface area (Å²) in [6, 6.07) is 3.54. The van der Waals surface area contributed by atoms with E-state index in [0.29, 0.717) is 11.1 Å². The van der Waals surface area contributed by atoms with Crippen LogP contribution in [0.4, 0.5) is 0 Å². The van der Waals surface area contributed by atoms with Gasteiger partial charge >= 0.3 is 11.9 Å². The van der Waals surface area contributed by atoms with Gasteiger partial charge < -0.3 is 25.2 Å². The molecule has 0 aliphatic heterocycles. The van der Waals surface area contributed by atoms with Gasteiger partial charge in [0, 0.05) is 0 Å². The SMILES string of the molecule is CC(C)(CO)C(=O)OC(=O)C(C)(C)CO.Cc1ccc(C)c(O)c1O. The molecule has 1 aromatic carbocycles. The molecule has 7 nitrogen and oxygen atoms in total. The largest absolute Gasteiger partial charge is 0.504 e. The predicted octanol–water partition coefficient (Wildman–Crippen LogP) is 1.81. The lowest BCUT2D eigenvalue weighted by Gasteiger charge is -2.23. The minimum atomic E-state index is -1.11. The van der Waals surface area contributed by atoms with E-state index in [1.165, 1.54) is 27.7 Å². The molecule has 0 bridgehead atoms. The van der Waals surface area contributed by atoms with Crippen LogP contribution in [0.15, 0.2) is 12.1 Å². The molecule has 25 heavy (non-hydrogen) atoms. The van der Waals surface area contributed by atoms with Gasteiger partial charge in [0.15, 0.2) is 11.5 Å². The summed E-state index contributed by atoms with van der Waals surface area (Å²) < 4.78 is 4.56. The van der Waals surface area contributed by atoms with Gasteiger partial charge in [-0.1, -0.05) is 12.1 Å². The molecule has 0 radical (unpaired) electrons. The number of phenolic OH excluding ortho intramolecular Hbond substituents is 2. The maximum Gasteiger partial charge on any atom is 0.321 e. The van der Waals surface area contributed by atoms with Crippen molar-refractivity contribution >= 4 is 11.9 Å². The van der Waals surface area contributed by atoms with E-state index in [1.807, 2.05) is 0 Å². The highest BCUT2D eigenvalue weighted by Gasteiger charge is 2.36. The summed E-state index contributed by atoms with van der Waals surface area (Å²) >= 11 is 0. The summed E-state index contributed by atoms with van der Waals surface area (Å²) in [4.78, 5) is 22.8. The number of ether oxygens (including phenoxy) is 1. The van der Waals surface area contributed by atoms with Crippen molar-refractivity contribution in [3.8, 4) is 11.5 Å². The Hall–Kier alpha value is -2.12. The van der Waals surface area contributed by atoms with Crippen LogP contribution >= 0.6 is 0 Å². The molecule has 0 amide bonds. The van der Waals surface area contributed by atoms with E-state index in [0.717, 1.165) is 0 Å². The van der Waals surface area contributed by atoms with Gasteiger partial charge in [-0.05, 0) is 52.7 Å². The van der Waals surface area contributed by atoms with Crippen molar-refractivity contribution in [1.82, 2.24) is 0 Å². The average molecular weight is 356 g/mol. The molecule has 0 fully saturated rings. The number of benzene rings is 1. The molecule has 142 valence electrons. The Labute approximate surface area is 147 Å². The maximum atomic E-state index is 11.4. The Morgan fingerprint density at radius 3 is 1.36 bits per heavy atom. The van der Waals surface area contributed by atoms with Crippen molar-refractivity contribution in [2.75, 3.05) is 13.2 Å². The van der Waals surface area contributed by atoms with Crippen LogP contribution in [0.2, 0.25) is 0 Å². The van der Waals surface area contributed by atoms with Gasteiger partial charge in [-0.15, -0.1) is 0 Å². The summed E-state index contributed by atoms with van der Waals surface area (Å²) in [5, 5.41) is 36.0. The second-order valence-electron chi connectivity index (χ2n) is 7.16. The fraction of sp³-hybridized carbons (Fsp3) is 0.556. The Morgan fingerprint density at radius 2 is 1.12 bits per heavy atom. The number of hydrogen-bond donors (Lipinski definition) is 4. The highest BCUT2D eigenvalue weighted by molar-refractivity contribution is 5.91. The maximum absolute atomic E-state index is 11.4. The van der Waals surface area contributed by atoms with Gasteiger partial charge in [-0.2, -0.15) is 0 Å².